The van der Waals surface area contributed by atoms with Crippen molar-refractivity contribution in [3.63, 3.8) is 0 Å². The Balaban J connectivity index is 1.15. The van der Waals surface area contributed by atoms with Crippen LogP contribution in [0, 0.1) is 13.8 Å². The predicted molar refractivity (Wildman–Crippen MR) is 180 cm³/mol. The molecule has 0 saturated heterocycles. The van der Waals surface area contributed by atoms with Gasteiger partial charge in [-0.05, 0) is 61.9 Å². The maximum Gasteiger partial charge on any atom is 1.20 e. The van der Waals surface area contributed by atoms with Crippen molar-refractivity contribution in [1.29, 1.82) is 0 Å². The third-order valence-corrected chi connectivity index (χ3v) is 9.25. The van der Waals surface area contributed by atoms with Crippen LogP contribution in [0.25, 0.3) is 54.9 Å². The molecule has 0 amide bonds. The fraction of sp³-hybridized carbons (Fsp3) is 0.0526. The number of para-hydroxylation sites is 4. The second kappa shape index (κ2) is 11.3. The lowest BCUT2D eigenvalue weighted by molar-refractivity contribution is 0.310. The zero-order valence-electron chi connectivity index (χ0n) is 24.7. The van der Waals surface area contributed by atoms with E-state index in [2.05, 4.69) is 24.3 Å². The molecular formula is C38H27AlN2O4. The van der Waals surface area contributed by atoms with Crippen molar-refractivity contribution in [3.05, 3.63) is 139 Å². The van der Waals surface area contributed by atoms with E-state index in [9.17, 15) is 0 Å². The van der Waals surface area contributed by atoms with Gasteiger partial charge in [-0.25, -0.2) is 9.97 Å². The molecule has 0 unspecified atom stereocenters. The van der Waals surface area contributed by atoms with E-state index in [0.717, 1.165) is 66.3 Å². The third-order valence-electron chi connectivity index (χ3n) is 7.89. The van der Waals surface area contributed by atoms with E-state index in [4.69, 9.17) is 25.8 Å². The summed E-state index contributed by atoms with van der Waals surface area (Å²) in [5.74, 6) is 1.87. The Morgan fingerprint density at radius 2 is 1.13 bits per heavy atom. The van der Waals surface area contributed by atoms with Crippen molar-refractivity contribution in [3.8, 4) is 28.4 Å². The Labute approximate surface area is 264 Å². The molecule has 216 valence electrons. The van der Waals surface area contributed by atoms with Gasteiger partial charge in [0.1, 0.15) is 33.7 Å². The zero-order valence-corrected chi connectivity index (χ0v) is 25.9. The molecule has 7 heteroatoms. The quantitative estimate of drug-likeness (QED) is 0.169. The van der Waals surface area contributed by atoms with Crippen LogP contribution < -0.4 is 11.4 Å². The number of benzene rings is 5. The van der Waals surface area contributed by atoms with Gasteiger partial charge in [-0.2, -0.15) is 0 Å². The van der Waals surface area contributed by atoms with Crippen LogP contribution in [0.15, 0.2) is 132 Å². The molecular weight excluding hydrogens is 575 g/mol. The highest BCUT2D eigenvalue weighted by atomic mass is 27.3. The van der Waals surface area contributed by atoms with Crippen LogP contribution >= 0.6 is 0 Å². The lowest BCUT2D eigenvalue weighted by atomic mass is 10.0. The summed E-state index contributed by atoms with van der Waals surface area (Å²) in [6.45, 7) is 3.94. The van der Waals surface area contributed by atoms with Gasteiger partial charge < -0.3 is 15.8 Å². The molecule has 0 aliphatic rings. The molecule has 0 atom stereocenters. The molecule has 3 heterocycles. The highest BCUT2D eigenvalue weighted by Crippen LogP contribution is 2.36. The Kier molecular flexibility index (Phi) is 6.83. The Hall–Kier alpha value is -5.35. The summed E-state index contributed by atoms with van der Waals surface area (Å²) in [7, 11) is 0. The minimum atomic E-state index is -2.91. The van der Waals surface area contributed by atoms with E-state index in [0.29, 0.717) is 17.2 Å². The van der Waals surface area contributed by atoms with Gasteiger partial charge in [0.25, 0.3) is 0 Å². The molecule has 0 radical (unpaired) electrons. The van der Waals surface area contributed by atoms with Gasteiger partial charge in [-0.15, -0.1) is 0 Å². The van der Waals surface area contributed by atoms with Gasteiger partial charge in [-0.3, -0.25) is 0 Å². The van der Waals surface area contributed by atoms with Crippen molar-refractivity contribution >= 4 is 58.9 Å². The van der Waals surface area contributed by atoms with E-state index >= 15 is 0 Å². The number of aryl methyl sites for hydroxylation is 2. The van der Waals surface area contributed by atoms with Crippen molar-refractivity contribution < 1.29 is 15.8 Å². The van der Waals surface area contributed by atoms with E-state index in [1.54, 1.807) is 0 Å². The Bertz CT molecular complexity index is 2260. The summed E-state index contributed by atoms with van der Waals surface area (Å²) >= 11 is -2.91. The van der Waals surface area contributed by atoms with Crippen LogP contribution in [-0.2, 0) is 0 Å². The van der Waals surface area contributed by atoms with Gasteiger partial charge in [0, 0.05) is 38.5 Å². The first-order valence-corrected chi connectivity index (χ1v) is 16.2. The predicted octanol–water partition coefficient (Wildman–Crippen LogP) is 9.49. The summed E-state index contributed by atoms with van der Waals surface area (Å²) < 4.78 is 25.9. The van der Waals surface area contributed by atoms with Crippen molar-refractivity contribution in [1.82, 2.24) is 9.97 Å². The highest BCUT2D eigenvalue weighted by molar-refractivity contribution is 6.40. The minimum Gasteiger partial charge on any atom is -0.577 e. The zero-order chi connectivity index (χ0) is 30.3. The molecule has 45 heavy (non-hydrogen) atoms. The topological polar surface area (TPSA) is 66.6 Å². The fourth-order valence-electron chi connectivity index (χ4n) is 5.70. The van der Waals surface area contributed by atoms with Crippen LogP contribution in [0.3, 0.4) is 0 Å². The SMILES string of the molecule is Cc1ccc2cccc([O][Al]([O]c3ccc(-c4cccc5c4oc4ccccc45)cc3)[O]c3cccc4ccc(C)nc34)c2n1. The molecule has 0 spiro atoms. The van der Waals surface area contributed by atoms with Gasteiger partial charge in [0.15, 0.2) is 0 Å². The molecule has 3 aromatic heterocycles. The van der Waals surface area contributed by atoms with Crippen LogP contribution in [0.1, 0.15) is 11.4 Å². The van der Waals surface area contributed by atoms with Gasteiger partial charge in [0.05, 0.1) is 5.75 Å². The Morgan fingerprint density at radius 1 is 0.533 bits per heavy atom. The molecule has 8 rings (SSSR count). The molecule has 0 aliphatic carbocycles. The highest BCUT2D eigenvalue weighted by Gasteiger charge is 2.45. The number of furan rings is 1. The second-order valence-corrected chi connectivity index (χ2v) is 12.3. The van der Waals surface area contributed by atoms with Gasteiger partial charge >= 0.3 is 15.1 Å². The van der Waals surface area contributed by atoms with E-state index in [1.807, 2.05) is 117 Å². The molecule has 0 N–H and O–H groups in total. The number of aromatic nitrogens is 2. The molecule has 5 aromatic carbocycles. The smallest absolute Gasteiger partial charge is 0.577 e. The van der Waals surface area contributed by atoms with E-state index < -0.39 is 15.1 Å². The lowest BCUT2D eigenvalue weighted by Crippen LogP contribution is -2.37. The number of fused-ring (bicyclic) bond motifs is 5. The van der Waals surface area contributed by atoms with Crippen LogP contribution in [0.5, 0.6) is 17.2 Å². The number of nitrogens with zero attached hydrogens (tertiary/aromatic N) is 2. The monoisotopic (exact) mass is 602 g/mol. The van der Waals surface area contributed by atoms with Crippen LogP contribution in [0.4, 0.5) is 0 Å². The second-order valence-electron chi connectivity index (χ2n) is 11.0. The summed E-state index contributed by atoms with van der Waals surface area (Å²) in [4.78, 5) is 9.51. The average molecular weight is 603 g/mol. The maximum atomic E-state index is 6.57. The largest absolute Gasteiger partial charge is 1.20 e. The lowest BCUT2D eigenvalue weighted by Gasteiger charge is -2.18. The van der Waals surface area contributed by atoms with Gasteiger partial charge in [-0.1, -0.05) is 84.9 Å². The van der Waals surface area contributed by atoms with Crippen molar-refractivity contribution in [2.75, 3.05) is 0 Å². The normalized spacial score (nSPS) is 11.3. The van der Waals surface area contributed by atoms with E-state index in [1.165, 1.54) is 0 Å². The van der Waals surface area contributed by atoms with Crippen molar-refractivity contribution in [2.24, 2.45) is 0 Å². The van der Waals surface area contributed by atoms with Crippen molar-refractivity contribution in [2.45, 2.75) is 13.8 Å². The Morgan fingerprint density at radius 3 is 1.80 bits per heavy atom. The number of hydrogen-bond donors (Lipinski definition) is 0. The molecule has 8 aromatic rings. The average Bonchev–Trinajstić information content (AvgIpc) is 3.45. The number of pyridine rings is 2. The molecule has 0 saturated carbocycles. The van der Waals surface area contributed by atoms with Crippen LogP contribution in [0.2, 0.25) is 0 Å². The number of rotatable bonds is 7. The summed E-state index contributed by atoms with van der Waals surface area (Å²) in [5.41, 5.74) is 7.13. The molecule has 6 nitrogen and oxygen atoms in total. The summed E-state index contributed by atoms with van der Waals surface area (Å²) in [5, 5.41) is 4.17. The molecule has 0 fully saturated rings. The first-order valence-electron chi connectivity index (χ1n) is 14.8. The van der Waals surface area contributed by atoms with Gasteiger partial charge in [0.2, 0.25) is 0 Å². The minimum absolute atomic E-state index is 0.616. The standard InChI is InChI=1S/C18H12O2.2C10H9NO.Al/c19-13-10-8-12(9-11-13)14-5-3-6-16-15-4-1-2-7-17(15)20-18(14)16;2*1-7-5-6-8-3-2-4-9(12)10(8)11-7;/h1-11,19H;2*2-6,12H,1H3;/q;;;+3/p-3. The van der Waals surface area contributed by atoms with Crippen LogP contribution in [-0.4, -0.2) is 25.1 Å². The maximum absolute atomic E-state index is 6.57. The molecule has 0 aliphatic heterocycles. The number of hydrogen-bond acceptors (Lipinski definition) is 6. The van der Waals surface area contributed by atoms with E-state index in [-0.39, 0.29) is 0 Å². The summed E-state index contributed by atoms with van der Waals surface area (Å²) in [6, 6.07) is 42.1. The third kappa shape index (κ3) is 5.23. The fourth-order valence-corrected chi connectivity index (χ4v) is 7.02. The summed E-state index contributed by atoms with van der Waals surface area (Å²) in [6.07, 6.45) is 0. The first-order chi connectivity index (χ1) is 22.1. The molecule has 0 bridgehead atoms. The first kappa shape index (κ1) is 27.2.